The van der Waals surface area contributed by atoms with E-state index in [1.54, 1.807) is 20.2 Å². The monoisotopic (exact) mass is 263 g/mol. The normalized spacial score (nSPS) is 10.1. The Hall–Kier alpha value is -0.390. The van der Waals surface area contributed by atoms with Crippen LogP contribution in [0.25, 0.3) is 0 Å². The fraction of sp³-hybridized carbons (Fsp3) is 0.375. The van der Waals surface area contributed by atoms with E-state index in [0.717, 1.165) is 9.54 Å². The van der Waals surface area contributed by atoms with Crippen LogP contribution in [0.15, 0.2) is 10.5 Å². The van der Waals surface area contributed by atoms with Crippen molar-refractivity contribution < 1.29 is 9.53 Å². The number of ether oxygens (including phenoxy) is 1. The summed E-state index contributed by atoms with van der Waals surface area (Å²) in [5, 5.41) is 3.55. The second kappa shape index (κ2) is 4.74. The lowest BCUT2D eigenvalue weighted by molar-refractivity contribution is 0.0997. The molecule has 5 heteroatoms. The van der Waals surface area contributed by atoms with Gasteiger partial charge in [-0.3, -0.25) is 4.79 Å². The molecule has 13 heavy (non-hydrogen) atoms. The third kappa shape index (κ3) is 2.52. The van der Waals surface area contributed by atoms with Gasteiger partial charge in [-0.1, -0.05) is 11.3 Å². The van der Waals surface area contributed by atoms with Crippen LogP contribution < -0.4 is 10.1 Å². The van der Waals surface area contributed by atoms with Crippen molar-refractivity contribution in [3.63, 3.8) is 0 Å². The second-order valence-electron chi connectivity index (χ2n) is 2.40. The van der Waals surface area contributed by atoms with E-state index in [4.69, 9.17) is 4.74 Å². The summed E-state index contributed by atoms with van der Waals surface area (Å²) in [6, 6.07) is 1.78. The number of thiophene rings is 1. The van der Waals surface area contributed by atoms with Crippen LogP contribution in [-0.4, -0.2) is 26.5 Å². The van der Waals surface area contributed by atoms with Crippen LogP contribution in [0.3, 0.4) is 0 Å². The molecule has 1 N–H and O–H groups in total. The summed E-state index contributed by atoms with van der Waals surface area (Å²) in [6.45, 7) is 0.357. The zero-order chi connectivity index (χ0) is 9.84. The first-order valence-corrected chi connectivity index (χ1v) is 5.31. The predicted molar refractivity (Wildman–Crippen MR) is 56.8 cm³/mol. The molecule has 72 valence electrons. The fourth-order valence-electron chi connectivity index (χ4n) is 0.876. The van der Waals surface area contributed by atoms with E-state index in [9.17, 15) is 4.79 Å². The highest BCUT2D eigenvalue weighted by Crippen LogP contribution is 2.34. The molecule has 0 aliphatic heterocycles. The number of carbonyl (C=O) groups excluding carboxylic acids is 1. The van der Waals surface area contributed by atoms with Crippen molar-refractivity contribution >= 4 is 33.0 Å². The molecule has 0 aromatic carbocycles. The van der Waals surface area contributed by atoms with E-state index in [1.807, 2.05) is 0 Å². The number of halogens is 1. The van der Waals surface area contributed by atoms with Gasteiger partial charge in [-0.15, -0.1) is 0 Å². The zero-order valence-corrected chi connectivity index (χ0v) is 9.79. The number of rotatable bonds is 4. The summed E-state index contributed by atoms with van der Waals surface area (Å²) >= 11 is 4.66. The molecule has 0 aliphatic carbocycles. The van der Waals surface area contributed by atoms with Crippen LogP contribution in [0.1, 0.15) is 9.67 Å². The maximum Gasteiger partial charge on any atom is 0.188 e. The Morgan fingerprint density at radius 2 is 2.46 bits per heavy atom. The minimum atomic E-state index is 0.0801. The van der Waals surface area contributed by atoms with Crippen LogP contribution in [0.2, 0.25) is 0 Å². The van der Waals surface area contributed by atoms with Gasteiger partial charge in [-0.2, -0.15) is 0 Å². The Bertz CT molecular complexity index is 311. The maximum atomic E-state index is 11.4. The molecule has 1 aromatic heterocycles. The maximum absolute atomic E-state index is 11.4. The van der Waals surface area contributed by atoms with Crippen molar-refractivity contribution in [3.05, 3.63) is 15.4 Å². The average molecular weight is 264 g/mol. The molecular formula is C8H10BrNO2S. The van der Waals surface area contributed by atoms with Gasteiger partial charge in [0.15, 0.2) is 10.8 Å². The van der Waals surface area contributed by atoms with Gasteiger partial charge in [0.1, 0.15) is 0 Å². The second-order valence-corrected chi connectivity index (χ2v) is 4.27. The number of nitrogens with one attached hydrogen (secondary N) is 1. The third-order valence-corrected chi connectivity index (χ3v) is 3.44. The summed E-state index contributed by atoms with van der Waals surface area (Å²) in [7, 11) is 3.33. The molecule has 0 saturated heterocycles. The Balaban J connectivity index is 2.84. The Morgan fingerprint density at radius 1 is 1.77 bits per heavy atom. The molecule has 3 nitrogen and oxygen atoms in total. The Kier molecular flexibility index (Phi) is 3.90. The van der Waals surface area contributed by atoms with Crippen molar-refractivity contribution in [1.82, 2.24) is 5.32 Å². The predicted octanol–water partition coefficient (Wildman–Crippen LogP) is 1.92. The highest BCUT2D eigenvalue weighted by Gasteiger charge is 2.12. The fourth-order valence-corrected chi connectivity index (χ4v) is 2.46. The highest BCUT2D eigenvalue weighted by atomic mass is 79.9. The first-order chi connectivity index (χ1) is 6.19. The van der Waals surface area contributed by atoms with E-state index < -0.39 is 0 Å². The highest BCUT2D eigenvalue weighted by molar-refractivity contribution is 9.10. The third-order valence-electron chi connectivity index (χ3n) is 1.45. The van der Waals surface area contributed by atoms with Crippen molar-refractivity contribution in [2.45, 2.75) is 0 Å². The van der Waals surface area contributed by atoms with Gasteiger partial charge < -0.3 is 10.1 Å². The number of methoxy groups -OCH3 is 1. The number of carbonyl (C=O) groups is 1. The van der Waals surface area contributed by atoms with E-state index in [2.05, 4.69) is 21.2 Å². The topological polar surface area (TPSA) is 38.3 Å². The summed E-state index contributed by atoms with van der Waals surface area (Å²) in [5.41, 5.74) is 0. The van der Waals surface area contributed by atoms with Gasteiger partial charge in [0, 0.05) is 0 Å². The first-order valence-electron chi connectivity index (χ1n) is 3.70. The number of Topliss-reactive ketones (excluding diaryl/α,β-unsaturated/α-hetero) is 1. The van der Waals surface area contributed by atoms with Gasteiger partial charge >= 0.3 is 0 Å². The molecule has 0 aliphatic rings. The molecule has 1 aromatic rings. The summed E-state index contributed by atoms with van der Waals surface area (Å²) < 4.78 is 5.89. The van der Waals surface area contributed by atoms with Gasteiger partial charge in [0.25, 0.3) is 0 Å². The average Bonchev–Trinajstić information content (AvgIpc) is 2.47. The quantitative estimate of drug-likeness (QED) is 0.844. The number of hydrogen-bond acceptors (Lipinski definition) is 4. The van der Waals surface area contributed by atoms with Crippen LogP contribution >= 0.6 is 27.3 Å². The molecule has 1 rings (SSSR count). The number of likely N-dealkylation sites (N-methyl/N-ethyl adjacent to an activating group) is 1. The Morgan fingerprint density at radius 3 is 2.92 bits per heavy atom. The standard InChI is InChI=1S/C8H10BrNO2S/c1-10-4-6(11)7-3-5(9)8(12-2)13-7/h3,10H,4H2,1-2H3. The van der Waals surface area contributed by atoms with Crippen LogP contribution in [0.4, 0.5) is 0 Å². The van der Waals surface area contributed by atoms with E-state index in [1.165, 1.54) is 11.3 Å². The number of ketones is 1. The molecule has 1 heterocycles. The lowest BCUT2D eigenvalue weighted by atomic mass is 10.3. The van der Waals surface area contributed by atoms with Gasteiger partial charge in [0.2, 0.25) is 0 Å². The molecule has 0 fully saturated rings. The van der Waals surface area contributed by atoms with Gasteiger partial charge in [0.05, 0.1) is 23.0 Å². The minimum Gasteiger partial charge on any atom is -0.486 e. The van der Waals surface area contributed by atoms with Crippen LogP contribution in [0, 0.1) is 0 Å². The molecule has 0 bridgehead atoms. The summed E-state index contributed by atoms with van der Waals surface area (Å²) in [6.07, 6.45) is 0. The SMILES string of the molecule is CNCC(=O)c1cc(Br)c(OC)s1. The van der Waals surface area contributed by atoms with Crippen LogP contribution in [0.5, 0.6) is 5.06 Å². The molecule has 0 spiro atoms. The van der Waals surface area contributed by atoms with Crippen molar-refractivity contribution in [1.29, 1.82) is 0 Å². The lowest BCUT2D eigenvalue weighted by Crippen LogP contribution is -2.17. The van der Waals surface area contributed by atoms with Gasteiger partial charge in [-0.05, 0) is 29.0 Å². The molecular weight excluding hydrogens is 254 g/mol. The molecule has 0 radical (unpaired) electrons. The summed E-state index contributed by atoms with van der Waals surface area (Å²) in [5.74, 6) is 0.0801. The molecule has 0 saturated carbocycles. The molecule has 0 unspecified atom stereocenters. The van der Waals surface area contributed by atoms with Crippen LogP contribution in [-0.2, 0) is 0 Å². The molecule has 0 amide bonds. The van der Waals surface area contributed by atoms with Crippen molar-refractivity contribution in [3.8, 4) is 5.06 Å². The van der Waals surface area contributed by atoms with E-state index >= 15 is 0 Å². The van der Waals surface area contributed by atoms with Crippen molar-refractivity contribution in [2.24, 2.45) is 0 Å². The van der Waals surface area contributed by atoms with E-state index in [-0.39, 0.29) is 5.78 Å². The van der Waals surface area contributed by atoms with Gasteiger partial charge in [-0.25, -0.2) is 0 Å². The Labute approximate surface area is 89.2 Å². The first kappa shape index (κ1) is 10.7. The largest absolute Gasteiger partial charge is 0.486 e. The molecule has 0 atom stereocenters. The lowest BCUT2D eigenvalue weighted by Gasteiger charge is -1.94. The minimum absolute atomic E-state index is 0.0801. The summed E-state index contributed by atoms with van der Waals surface area (Å²) in [4.78, 5) is 12.1. The zero-order valence-electron chi connectivity index (χ0n) is 7.39. The smallest absolute Gasteiger partial charge is 0.188 e. The number of hydrogen-bond donors (Lipinski definition) is 1. The van der Waals surface area contributed by atoms with Crippen molar-refractivity contribution in [2.75, 3.05) is 20.7 Å². The van der Waals surface area contributed by atoms with E-state index in [0.29, 0.717) is 11.4 Å².